The Morgan fingerprint density at radius 3 is 2.74 bits per heavy atom. The molecule has 0 aliphatic rings. The van der Waals surface area contributed by atoms with Crippen molar-refractivity contribution in [3.05, 3.63) is 35.3 Å². The second-order valence-corrected chi connectivity index (χ2v) is 5.05. The first-order valence-corrected chi connectivity index (χ1v) is 6.80. The number of alkyl halides is 2. The summed E-state index contributed by atoms with van der Waals surface area (Å²) >= 11 is 0. The van der Waals surface area contributed by atoms with Gasteiger partial charge < -0.3 is 20.1 Å². The predicted octanol–water partition coefficient (Wildman–Crippen LogP) is 2.70. The Balaban J connectivity index is 1.97. The molecule has 2 amide bonds. The van der Waals surface area contributed by atoms with Gasteiger partial charge in [0.05, 0.1) is 12.2 Å². The number of halogens is 2. The molecule has 0 saturated carbocycles. The first-order chi connectivity index (χ1) is 10.9. The number of carbonyl (C=O) groups excluding carboxylic acids is 1. The van der Waals surface area contributed by atoms with E-state index in [9.17, 15) is 13.6 Å². The van der Waals surface area contributed by atoms with E-state index in [1.54, 1.807) is 17.0 Å². The van der Waals surface area contributed by atoms with E-state index in [2.05, 4.69) is 25.3 Å². The van der Waals surface area contributed by atoms with Crippen molar-refractivity contribution < 1.29 is 18.1 Å². The van der Waals surface area contributed by atoms with Crippen molar-refractivity contribution in [2.24, 2.45) is 0 Å². The Morgan fingerprint density at radius 2 is 2.13 bits per heavy atom. The molecule has 0 bridgehead atoms. The molecule has 2 heterocycles. The van der Waals surface area contributed by atoms with Gasteiger partial charge in [-0.1, -0.05) is 5.16 Å². The lowest BCUT2D eigenvalue weighted by atomic mass is 10.3. The van der Waals surface area contributed by atoms with Crippen LogP contribution in [-0.4, -0.2) is 30.3 Å². The van der Waals surface area contributed by atoms with E-state index >= 15 is 0 Å². The summed E-state index contributed by atoms with van der Waals surface area (Å²) in [4.78, 5) is 18.0. The third-order valence-corrected chi connectivity index (χ3v) is 2.91. The molecule has 0 aliphatic heterocycles. The maximum absolute atomic E-state index is 12.4. The largest absolute Gasteiger partial charge is 0.361 e. The second-order valence-electron chi connectivity index (χ2n) is 5.05. The Kier molecular flexibility index (Phi) is 5.09. The topological polar surface area (TPSA) is 83.3 Å². The minimum Gasteiger partial charge on any atom is -0.361 e. The van der Waals surface area contributed by atoms with Crippen LogP contribution in [-0.2, 0) is 6.54 Å². The number of anilines is 2. The fourth-order valence-corrected chi connectivity index (χ4v) is 1.83. The summed E-state index contributed by atoms with van der Waals surface area (Å²) in [7, 11) is 3.62. The Bertz CT molecular complexity index is 688. The molecule has 0 atom stereocenters. The Hall–Kier alpha value is -2.71. The van der Waals surface area contributed by atoms with Gasteiger partial charge >= 0.3 is 6.03 Å². The average molecular weight is 325 g/mol. The number of hydrogen-bond acceptors (Lipinski definition) is 5. The van der Waals surface area contributed by atoms with E-state index < -0.39 is 18.2 Å². The average Bonchev–Trinajstić information content (AvgIpc) is 2.96. The Morgan fingerprint density at radius 1 is 1.39 bits per heavy atom. The number of amides is 2. The van der Waals surface area contributed by atoms with E-state index in [0.29, 0.717) is 11.5 Å². The number of nitrogens with zero attached hydrogens (tertiary/aromatic N) is 3. The van der Waals surface area contributed by atoms with Crippen LogP contribution in [0.25, 0.3) is 0 Å². The monoisotopic (exact) mass is 325 g/mol. The van der Waals surface area contributed by atoms with Gasteiger partial charge in [0, 0.05) is 25.9 Å². The zero-order chi connectivity index (χ0) is 17.0. The minimum atomic E-state index is -2.73. The summed E-state index contributed by atoms with van der Waals surface area (Å²) in [5.41, 5.74) is 1.57. The lowest BCUT2D eigenvalue weighted by Crippen LogP contribution is -2.29. The van der Waals surface area contributed by atoms with Crippen LogP contribution in [0.5, 0.6) is 0 Å². The summed E-state index contributed by atoms with van der Waals surface area (Å²) in [5.74, 6) is 0.0846. The van der Waals surface area contributed by atoms with Crippen LogP contribution in [0.3, 0.4) is 0 Å². The predicted molar refractivity (Wildman–Crippen MR) is 80.6 cm³/mol. The van der Waals surface area contributed by atoms with Crippen LogP contribution in [0, 0.1) is 6.92 Å². The van der Waals surface area contributed by atoms with Gasteiger partial charge in [-0.15, -0.1) is 0 Å². The maximum atomic E-state index is 12.4. The van der Waals surface area contributed by atoms with Gasteiger partial charge in [0.15, 0.2) is 5.82 Å². The molecule has 9 heteroatoms. The molecule has 0 fully saturated rings. The minimum absolute atomic E-state index is 0.0291. The highest BCUT2D eigenvalue weighted by Gasteiger charge is 2.15. The molecule has 0 saturated heterocycles. The molecule has 0 aromatic carbocycles. The highest BCUT2D eigenvalue weighted by Crippen LogP contribution is 2.22. The van der Waals surface area contributed by atoms with Crippen LogP contribution in [0.1, 0.15) is 23.6 Å². The van der Waals surface area contributed by atoms with Gasteiger partial charge in [0.1, 0.15) is 5.69 Å². The molecule has 0 radical (unpaired) electrons. The molecular weight excluding hydrogens is 308 g/mol. The number of aromatic nitrogens is 2. The highest BCUT2D eigenvalue weighted by molar-refractivity contribution is 5.92. The van der Waals surface area contributed by atoms with E-state index in [0.717, 1.165) is 11.8 Å². The van der Waals surface area contributed by atoms with Crippen LogP contribution >= 0.6 is 0 Å². The van der Waals surface area contributed by atoms with Crippen LogP contribution < -0.4 is 15.5 Å². The summed E-state index contributed by atoms with van der Waals surface area (Å²) in [6.45, 7) is 1.82. The van der Waals surface area contributed by atoms with Gasteiger partial charge in [-0.3, -0.25) is 0 Å². The fraction of sp³-hybridized carbons (Fsp3) is 0.357. The lowest BCUT2D eigenvalue weighted by molar-refractivity contribution is 0.112. The molecule has 2 rings (SSSR count). The first-order valence-electron chi connectivity index (χ1n) is 6.80. The summed E-state index contributed by atoms with van der Waals surface area (Å²) in [5, 5.41) is 8.63. The van der Waals surface area contributed by atoms with Crippen LogP contribution in [0.2, 0.25) is 0 Å². The van der Waals surface area contributed by atoms with Crippen molar-refractivity contribution in [1.29, 1.82) is 0 Å². The van der Waals surface area contributed by atoms with Crippen LogP contribution in [0.4, 0.5) is 25.1 Å². The SMILES string of the molecule is Cc1ccc(NC(=O)NCc2cc(C(F)F)on2)c(N(C)C)n1. The molecule has 2 aromatic rings. The van der Waals surface area contributed by atoms with E-state index in [4.69, 9.17) is 0 Å². The van der Waals surface area contributed by atoms with Gasteiger partial charge in [0.25, 0.3) is 6.43 Å². The van der Waals surface area contributed by atoms with Crippen molar-refractivity contribution >= 4 is 17.5 Å². The van der Waals surface area contributed by atoms with Crippen molar-refractivity contribution in [2.75, 3.05) is 24.3 Å². The molecule has 0 unspecified atom stereocenters. The Labute approximate surface area is 131 Å². The number of pyridine rings is 1. The molecule has 23 heavy (non-hydrogen) atoms. The quantitative estimate of drug-likeness (QED) is 0.883. The molecule has 2 aromatic heterocycles. The third-order valence-electron chi connectivity index (χ3n) is 2.91. The molecule has 7 nitrogen and oxygen atoms in total. The van der Waals surface area contributed by atoms with Crippen molar-refractivity contribution in [1.82, 2.24) is 15.5 Å². The van der Waals surface area contributed by atoms with Crippen LogP contribution in [0.15, 0.2) is 22.7 Å². The van der Waals surface area contributed by atoms with E-state index in [1.807, 2.05) is 21.0 Å². The van der Waals surface area contributed by atoms with Gasteiger partial charge in [0.2, 0.25) is 5.76 Å². The van der Waals surface area contributed by atoms with Crippen molar-refractivity contribution in [3.63, 3.8) is 0 Å². The number of nitrogens with one attached hydrogen (secondary N) is 2. The van der Waals surface area contributed by atoms with Crippen molar-refractivity contribution in [3.8, 4) is 0 Å². The van der Waals surface area contributed by atoms with E-state index in [1.165, 1.54) is 0 Å². The summed E-state index contributed by atoms with van der Waals surface area (Å²) in [6, 6.07) is 4.11. The zero-order valence-electron chi connectivity index (χ0n) is 12.9. The normalized spacial score (nSPS) is 10.7. The number of rotatable bonds is 5. The molecule has 2 N–H and O–H groups in total. The number of urea groups is 1. The van der Waals surface area contributed by atoms with Gasteiger partial charge in [-0.05, 0) is 19.1 Å². The maximum Gasteiger partial charge on any atom is 0.319 e. The summed E-state index contributed by atoms with van der Waals surface area (Å²) in [6.07, 6.45) is -2.73. The highest BCUT2D eigenvalue weighted by atomic mass is 19.3. The van der Waals surface area contributed by atoms with Gasteiger partial charge in [-0.25, -0.2) is 18.6 Å². The van der Waals surface area contributed by atoms with E-state index in [-0.39, 0.29) is 12.2 Å². The fourth-order valence-electron chi connectivity index (χ4n) is 1.83. The number of aryl methyl sites for hydroxylation is 1. The van der Waals surface area contributed by atoms with Gasteiger partial charge in [-0.2, -0.15) is 0 Å². The molecule has 0 aliphatic carbocycles. The smallest absolute Gasteiger partial charge is 0.319 e. The molecule has 0 spiro atoms. The standard InChI is InChI=1S/C14H17F2N5O2/c1-8-4-5-10(13(18-8)21(2)3)19-14(22)17-7-9-6-11(12(15)16)23-20-9/h4-6,12H,7H2,1-3H3,(H2,17,19,22). The first kappa shape index (κ1) is 16.7. The number of carbonyl (C=O) groups is 1. The molecular formula is C14H17F2N5O2. The summed E-state index contributed by atoms with van der Waals surface area (Å²) < 4.78 is 29.2. The third kappa shape index (κ3) is 4.38. The molecule has 124 valence electrons. The lowest BCUT2D eigenvalue weighted by Gasteiger charge is -2.17. The van der Waals surface area contributed by atoms with Crippen molar-refractivity contribution in [2.45, 2.75) is 19.9 Å². The number of hydrogen-bond donors (Lipinski definition) is 2. The zero-order valence-corrected chi connectivity index (χ0v) is 12.9. The second kappa shape index (κ2) is 7.03.